The molecule has 1 fully saturated rings. The fourth-order valence-electron chi connectivity index (χ4n) is 3.11. The van der Waals surface area contributed by atoms with Crippen LogP contribution in [0.15, 0.2) is 24.3 Å². The van der Waals surface area contributed by atoms with Gasteiger partial charge in [-0.15, -0.1) is 0 Å². The molecule has 21 heavy (non-hydrogen) atoms. The fraction of sp³-hybridized carbons (Fsp3) is 0.667. The van der Waals surface area contributed by atoms with Gasteiger partial charge in [0.25, 0.3) is 0 Å². The Morgan fingerprint density at radius 2 is 1.90 bits per heavy atom. The van der Waals surface area contributed by atoms with Gasteiger partial charge in [-0.3, -0.25) is 0 Å². The first-order chi connectivity index (χ1) is 10.2. The molecule has 0 aliphatic heterocycles. The van der Waals surface area contributed by atoms with E-state index in [9.17, 15) is 0 Å². The van der Waals surface area contributed by atoms with Crippen LogP contribution in [0.2, 0.25) is 5.02 Å². The molecule has 1 aromatic carbocycles. The van der Waals surface area contributed by atoms with Crippen LogP contribution < -0.4 is 10.1 Å². The maximum Gasteiger partial charge on any atom is 0.119 e. The lowest BCUT2D eigenvalue weighted by molar-refractivity contribution is 0.205. The van der Waals surface area contributed by atoms with Gasteiger partial charge in [-0.05, 0) is 61.9 Å². The molecule has 2 nitrogen and oxygen atoms in total. The van der Waals surface area contributed by atoms with Gasteiger partial charge in [0.15, 0.2) is 0 Å². The van der Waals surface area contributed by atoms with E-state index in [0.717, 1.165) is 42.2 Å². The maximum absolute atomic E-state index is 5.85. The number of unbranched alkanes of at least 4 members (excludes halogenated alkanes) is 1. The topological polar surface area (TPSA) is 21.3 Å². The summed E-state index contributed by atoms with van der Waals surface area (Å²) in [7, 11) is 0. The number of ether oxygens (including phenoxy) is 1. The first-order valence-corrected chi connectivity index (χ1v) is 8.66. The van der Waals surface area contributed by atoms with Crippen LogP contribution in [0.1, 0.15) is 46.0 Å². The number of rotatable bonds is 7. The van der Waals surface area contributed by atoms with Crippen molar-refractivity contribution in [1.82, 2.24) is 5.32 Å². The van der Waals surface area contributed by atoms with E-state index in [2.05, 4.69) is 19.2 Å². The molecule has 0 aromatic heterocycles. The Kier molecular flexibility index (Phi) is 6.85. The quantitative estimate of drug-likeness (QED) is 0.722. The van der Waals surface area contributed by atoms with Crippen LogP contribution in [-0.2, 0) is 0 Å². The van der Waals surface area contributed by atoms with Crippen LogP contribution in [0.5, 0.6) is 5.75 Å². The highest BCUT2D eigenvalue weighted by Crippen LogP contribution is 2.29. The predicted octanol–water partition coefficient (Wildman–Crippen LogP) is 4.91. The van der Waals surface area contributed by atoms with E-state index in [1.807, 2.05) is 24.3 Å². The van der Waals surface area contributed by atoms with Crippen molar-refractivity contribution in [3.8, 4) is 5.75 Å². The van der Waals surface area contributed by atoms with Crippen LogP contribution >= 0.6 is 11.6 Å². The van der Waals surface area contributed by atoms with Crippen molar-refractivity contribution in [1.29, 1.82) is 0 Å². The maximum atomic E-state index is 5.85. The zero-order valence-electron chi connectivity index (χ0n) is 13.3. The number of benzene rings is 1. The molecule has 0 spiro atoms. The monoisotopic (exact) mass is 309 g/mol. The Bertz CT molecular complexity index is 406. The molecule has 2 rings (SSSR count). The molecule has 3 unspecified atom stereocenters. The van der Waals surface area contributed by atoms with E-state index in [1.165, 1.54) is 25.7 Å². The summed E-state index contributed by atoms with van der Waals surface area (Å²) >= 11 is 5.85. The third-order valence-electron chi connectivity index (χ3n) is 4.77. The van der Waals surface area contributed by atoms with Crippen molar-refractivity contribution in [2.24, 2.45) is 11.8 Å². The number of nitrogens with one attached hydrogen (secondary N) is 1. The number of halogens is 1. The Balaban J connectivity index is 1.55. The second-order valence-corrected chi connectivity index (χ2v) is 6.77. The second kappa shape index (κ2) is 8.65. The largest absolute Gasteiger partial charge is 0.494 e. The van der Waals surface area contributed by atoms with Gasteiger partial charge in [0.05, 0.1) is 6.61 Å². The molecule has 3 atom stereocenters. The Hall–Kier alpha value is -0.730. The van der Waals surface area contributed by atoms with Gasteiger partial charge in [0, 0.05) is 11.1 Å². The van der Waals surface area contributed by atoms with Gasteiger partial charge in [-0.25, -0.2) is 0 Å². The van der Waals surface area contributed by atoms with Gasteiger partial charge >= 0.3 is 0 Å². The second-order valence-electron chi connectivity index (χ2n) is 6.34. The summed E-state index contributed by atoms with van der Waals surface area (Å²) in [6, 6.07) is 8.29. The molecule has 1 saturated carbocycles. The molecule has 118 valence electrons. The summed E-state index contributed by atoms with van der Waals surface area (Å²) < 4.78 is 5.70. The lowest BCUT2D eigenvalue weighted by Gasteiger charge is -2.34. The van der Waals surface area contributed by atoms with Crippen molar-refractivity contribution in [2.75, 3.05) is 13.2 Å². The fourth-order valence-corrected chi connectivity index (χ4v) is 3.23. The molecule has 0 bridgehead atoms. The Morgan fingerprint density at radius 1 is 1.14 bits per heavy atom. The lowest BCUT2D eigenvalue weighted by Crippen LogP contribution is -2.41. The zero-order valence-corrected chi connectivity index (χ0v) is 14.0. The SMILES string of the molecule is CC1CCCC(NCCCCOc2ccc(Cl)cc2)C1C. The van der Waals surface area contributed by atoms with E-state index < -0.39 is 0 Å². The molecular formula is C18H28ClNO. The summed E-state index contributed by atoms with van der Waals surface area (Å²) in [4.78, 5) is 0. The molecule has 0 saturated heterocycles. The number of hydrogen-bond donors (Lipinski definition) is 1. The molecule has 1 aliphatic carbocycles. The first-order valence-electron chi connectivity index (χ1n) is 8.28. The molecule has 0 radical (unpaired) electrons. The highest BCUT2D eigenvalue weighted by molar-refractivity contribution is 6.30. The first kappa shape index (κ1) is 16.6. The molecule has 1 N–H and O–H groups in total. The highest BCUT2D eigenvalue weighted by Gasteiger charge is 2.26. The predicted molar refractivity (Wildman–Crippen MR) is 90.2 cm³/mol. The van der Waals surface area contributed by atoms with Crippen molar-refractivity contribution in [3.63, 3.8) is 0 Å². The summed E-state index contributed by atoms with van der Waals surface area (Å²) in [6.45, 7) is 6.66. The minimum Gasteiger partial charge on any atom is -0.494 e. The minimum atomic E-state index is 0.714. The van der Waals surface area contributed by atoms with Gasteiger partial charge in [-0.2, -0.15) is 0 Å². The molecule has 1 aliphatic rings. The standard InChI is InChI=1S/C18H28ClNO/c1-14-6-5-7-18(15(14)2)20-12-3-4-13-21-17-10-8-16(19)9-11-17/h8-11,14-15,18,20H,3-7,12-13H2,1-2H3. The smallest absolute Gasteiger partial charge is 0.119 e. The van der Waals surface area contributed by atoms with E-state index >= 15 is 0 Å². The van der Waals surface area contributed by atoms with E-state index in [4.69, 9.17) is 16.3 Å². The van der Waals surface area contributed by atoms with Crippen LogP contribution in [0, 0.1) is 11.8 Å². The van der Waals surface area contributed by atoms with Crippen LogP contribution in [-0.4, -0.2) is 19.2 Å². The summed E-state index contributed by atoms with van der Waals surface area (Å²) in [5.74, 6) is 2.58. The van der Waals surface area contributed by atoms with E-state index in [1.54, 1.807) is 0 Å². The summed E-state index contributed by atoms with van der Waals surface area (Å²) in [6.07, 6.45) is 6.38. The molecule has 1 aromatic rings. The Labute approximate surface area is 134 Å². The molecule has 0 heterocycles. The average molecular weight is 310 g/mol. The van der Waals surface area contributed by atoms with Gasteiger partial charge in [-0.1, -0.05) is 38.3 Å². The molecule has 3 heteroatoms. The average Bonchev–Trinajstić information content (AvgIpc) is 2.49. The van der Waals surface area contributed by atoms with E-state index in [0.29, 0.717) is 6.04 Å². The van der Waals surface area contributed by atoms with Crippen LogP contribution in [0.4, 0.5) is 0 Å². The van der Waals surface area contributed by atoms with Crippen molar-refractivity contribution < 1.29 is 4.74 Å². The van der Waals surface area contributed by atoms with Gasteiger partial charge in [0.2, 0.25) is 0 Å². The lowest BCUT2D eigenvalue weighted by atomic mass is 9.78. The van der Waals surface area contributed by atoms with Crippen molar-refractivity contribution >= 4 is 11.6 Å². The zero-order chi connectivity index (χ0) is 15.1. The Morgan fingerprint density at radius 3 is 2.67 bits per heavy atom. The minimum absolute atomic E-state index is 0.714. The van der Waals surface area contributed by atoms with Crippen LogP contribution in [0.25, 0.3) is 0 Å². The van der Waals surface area contributed by atoms with Gasteiger partial charge < -0.3 is 10.1 Å². The van der Waals surface area contributed by atoms with Gasteiger partial charge in [0.1, 0.15) is 5.75 Å². The summed E-state index contributed by atoms with van der Waals surface area (Å²) in [5, 5.41) is 4.49. The van der Waals surface area contributed by atoms with E-state index in [-0.39, 0.29) is 0 Å². The molecular weight excluding hydrogens is 282 g/mol. The summed E-state index contributed by atoms with van der Waals surface area (Å²) in [5.41, 5.74) is 0. The van der Waals surface area contributed by atoms with Crippen molar-refractivity contribution in [3.05, 3.63) is 29.3 Å². The normalized spacial score (nSPS) is 25.8. The third-order valence-corrected chi connectivity index (χ3v) is 5.02. The molecule has 0 amide bonds. The number of hydrogen-bond acceptors (Lipinski definition) is 2. The third kappa shape index (κ3) is 5.52. The highest BCUT2D eigenvalue weighted by atomic mass is 35.5. The van der Waals surface area contributed by atoms with Crippen LogP contribution in [0.3, 0.4) is 0 Å². The van der Waals surface area contributed by atoms with Crippen molar-refractivity contribution in [2.45, 2.75) is 52.0 Å².